The van der Waals surface area contributed by atoms with Crippen LogP contribution >= 0.6 is 0 Å². The minimum absolute atomic E-state index is 0.0753. The topological polar surface area (TPSA) is 104 Å². The first-order valence-corrected chi connectivity index (χ1v) is 9.59. The van der Waals surface area contributed by atoms with Gasteiger partial charge in [0.2, 0.25) is 5.91 Å². The number of carboxylic acid groups (broad SMARTS) is 1. The first kappa shape index (κ1) is 21.0. The molecular weight excluding hydrogens is 384 g/mol. The summed E-state index contributed by atoms with van der Waals surface area (Å²) < 4.78 is 0. The highest BCUT2D eigenvalue weighted by Gasteiger charge is 2.43. The molecule has 2 aromatic carbocycles. The van der Waals surface area contributed by atoms with Crippen molar-refractivity contribution in [1.29, 1.82) is 0 Å². The van der Waals surface area contributed by atoms with Crippen LogP contribution in [0.25, 0.3) is 0 Å². The van der Waals surface area contributed by atoms with Gasteiger partial charge in [-0.25, -0.2) is 4.79 Å². The number of rotatable bonds is 9. The second kappa shape index (κ2) is 9.17. The van der Waals surface area contributed by atoms with Gasteiger partial charge in [0, 0.05) is 6.42 Å². The Morgan fingerprint density at radius 3 is 2.10 bits per heavy atom. The molecule has 1 aliphatic heterocycles. The summed E-state index contributed by atoms with van der Waals surface area (Å²) in [6, 6.07) is 13.0. The minimum Gasteiger partial charge on any atom is -0.480 e. The maximum atomic E-state index is 13.1. The number of fused-ring (bicyclic) bond motifs is 1. The van der Waals surface area contributed by atoms with Crippen LogP contribution in [0, 0.1) is 0 Å². The number of imide groups is 1. The molecule has 2 atom stereocenters. The predicted molar refractivity (Wildman–Crippen MR) is 110 cm³/mol. The molecule has 1 heterocycles. The number of amides is 3. The molecule has 0 aliphatic carbocycles. The van der Waals surface area contributed by atoms with Crippen molar-refractivity contribution >= 4 is 23.7 Å². The number of hydrogen-bond donors (Lipinski definition) is 2. The first-order valence-electron chi connectivity index (χ1n) is 9.59. The quantitative estimate of drug-likeness (QED) is 0.492. The van der Waals surface area contributed by atoms with Crippen LogP contribution in [0.3, 0.4) is 0 Å². The number of hydrogen-bond acceptors (Lipinski definition) is 4. The van der Waals surface area contributed by atoms with Gasteiger partial charge in [0.25, 0.3) is 11.8 Å². The van der Waals surface area contributed by atoms with E-state index >= 15 is 0 Å². The molecule has 2 N–H and O–H groups in total. The highest BCUT2D eigenvalue weighted by atomic mass is 16.4. The van der Waals surface area contributed by atoms with Crippen LogP contribution in [0.15, 0.2) is 67.3 Å². The normalized spacial score (nSPS) is 14.7. The Morgan fingerprint density at radius 1 is 1.00 bits per heavy atom. The number of benzene rings is 2. The Morgan fingerprint density at radius 2 is 1.57 bits per heavy atom. The number of carboxylic acids is 1. The van der Waals surface area contributed by atoms with E-state index in [9.17, 15) is 24.3 Å². The molecule has 0 spiro atoms. The molecule has 0 fully saturated rings. The van der Waals surface area contributed by atoms with Gasteiger partial charge in [-0.1, -0.05) is 48.5 Å². The molecule has 7 nitrogen and oxygen atoms in total. The molecule has 1 aliphatic rings. The van der Waals surface area contributed by atoms with Crippen molar-refractivity contribution in [3.8, 4) is 0 Å². The van der Waals surface area contributed by atoms with Crippen LogP contribution in [0.4, 0.5) is 0 Å². The first-order chi connectivity index (χ1) is 14.4. The predicted octanol–water partition coefficient (Wildman–Crippen LogP) is 2.43. The van der Waals surface area contributed by atoms with Crippen molar-refractivity contribution < 1.29 is 24.3 Å². The summed E-state index contributed by atoms with van der Waals surface area (Å²) in [6.45, 7) is 3.56. The highest BCUT2D eigenvalue weighted by molar-refractivity contribution is 6.22. The van der Waals surface area contributed by atoms with Crippen LogP contribution in [0.5, 0.6) is 0 Å². The lowest BCUT2D eigenvalue weighted by Gasteiger charge is -2.27. The minimum atomic E-state index is -1.19. The van der Waals surface area contributed by atoms with Crippen molar-refractivity contribution in [2.24, 2.45) is 0 Å². The molecule has 7 heteroatoms. The largest absolute Gasteiger partial charge is 0.480 e. The maximum absolute atomic E-state index is 13.1. The van der Waals surface area contributed by atoms with E-state index in [1.807, 2.05) is 6.07 Å². The van der Waals surface area contributed by atoms with Gasteiger partial charge < -0.3 is 10.4 Å². The number of aliphatic carboxylic acids is 1. The van der Waals surface area contributed by atoms with Crippen molar-refractivity contribution in [2.45, 2.75) is 31.3 Å². The molecule has 0 bridgehead atoms. The summed E-state index contributed by atoms with van der Waals surface area (Å²) in [4.78, 5) is 51.5. The third-order valence-electron chi connectivity index (χ3n) is 4.99. The summed E-state index contributed by atoms with van der Waals surface area (Å²) in [5.74, 6) is -3.01. The molecule has 0 radical (unpaired) electrons. The SMILES string of the molecule is C=CCCC(NC(=O)C(Cc1ccccc1)N1C(=O)c2ccccc2C1=O)C(=O)O. The summed E-state index contributed by atoms with van der Waals surface area (Å²) in [5.41, 5.74) is 1.21. The van der Waals surface area contributed by atoms with E-state index in [0.29, 0.717) is 6.42 Å². The lowest BCUT2D eigenvalue weighted by Crippen LogP contribution is -2.54. The summed E-state index contributed by atoms with van der Waals surface area (Å²) in [7, 11) is 0. The van der Waals surface area contributed by atoms with Crippen molar-refractivity contribution in [2.75, 3.05) is 0 Å². The fraction of sp³-hybridized carbons (Fsp3) is 0.217. The molecule has 3 rings (SSSR count). The molecule has 0 aromatic heterocycles. The van der Waals surface area contributed by atoms with Gasteiger partial charge in [0.15, 0.2) is 0 Å². The van der Waals surface area contributed by atoms with Gasteiger partial charge in [0.05, 0.1) is 11.1 Å². The van der Waals surface area contributed by atoms with Gasteiger partial charge in [0.1, 0.15) is 12.1 Å². The van der Waals surface area contributed by atoms with Gasteiger partial charge in [-0.2, -0.15) is 0 Å². The van der Waals surface area contributed by atoms with E-state index in [2.05, 4.69) is 11.9 Å². The fourth-order valence-corrected chi connectivity index (χ4v) is 3.44. The molecule has 0 saturated carbocycles. The number of nitrogens with one attached hydrogen (secondary N) is 1. The average Bonchev–Trinajstić information content (AvgIpc) is 3.00. The van der Waals surface area contributed by atoms with E-state index in [0.717, 1.165) is 10.5 Å². The Hall–Kier alpha value is -3.74. The summed E-state index contributed by atoms with van der Waals surface area (Å²) in [6.07, 6.45) is 2.19. The lowest BCUT2D eigenvalue weighted by molar-refractivity contribution is -0.142. The fourth-order valence-electron chi connectivity index (χ4n) is 3.44. The lowest BCUT2D eigenvalue weighted by atomic mass is 10.0. The zero-order valence-corrected chi connectivity index (χ0v) is 16.3. The monoisotopic (exact) mass is 406 g/mol. The van der Waals surface area contributed by atoms with Crippen LogP contribution in [0.1, 0.15) is 39.1 Å². The smallest absolute Gasteiger partial charge is 0.326 e. The number of allylic oxidation sites excluding steroid dienone is 1. The Labute approximate surface area is 174 Å². The van der Waals surface area contributed by atoms with E-state index in [4.69, 9.17) is 0 Å². The van der Waals surface area contributed by atoms with Crippen molar-refractivity contribution in [3.05, 3.63) is 83.9 Å². The number of carbonyl (C=O) groups is 4. The van der Waals surface area contributed by atoms with E-state index in [1.165, 1.54) is 12.1 Å². The van der Waals surface area contributed by atoms with Crippen LogP contribution in [-0.2, 0) is 16.0 Å². The third kappa shape index (κ3) is 4.30. The van der Waals surface area contributed by atoms with Gasteiger partial charge >= 0.3 is 5.97 Å². The molecular formula is C23H22N2O5. The van der Waals surface area contributed by atoms with Gasteiger partial charge in [-0.05, 0) is 30.5 Å². The van der Waals surface area contributed by atoms with Crippen molar-refractivity contribution in [3.63, 3.8) is 0 Å². The number of carbonyl (C=O) groups excluding carboxylic acids is 3. The molecule has 3 amide bonds. The second-order valence-corrected chi connectivity index (χ2v) is 7.00. The zero-order chi connectivity index (χ0) is 21.7. The second-order valence-electron chi connectivity index (χ2n) is 7.00. The van der Waals surface area contributed by atoms with Gasteiger partial charge in [-0.3, -0.25) is 19.3 Å². The Balaban J connectivity index is 1.92. The third-order valence-corrected chi connectivity index (χ3v) is 4.99. The van der Waals surface area contributed by atoms with Crippen LogP contribution in [-0.4, -0.2) is 45.8 Å². The molecule has 2 unspecified atom stereocenters. The van der Waals surface area contributed by atoms with Crippen LogP contribution < -0.4 is 5.32 Å². The van der Waals surface area contributed by atoms with Crippen LogP contribution in [0.2, 0.25) is 0 Å². The molecule has 30 heavy (non-hydrogen) atoms. The summed E-state index contributed by atoms with van der Waals surface area (Å²) in [5, 5.41) is 11.9. The molecule has 0 saturated heterocycles. The van der Waals surface area contributed by atoms with Gasteiger partial charge in [-0.15, -0.1) is 6.58 Å². The van der Waals surface area contributed by atoms with E-state index in [1.54, 1.807) is 42.5 Å². The number of nitrogens with zero attached hydrogens (tertiary/aromatic N) is 1. The molecule has 2 aromatic rings. The van der Waals surface area contributed by atoms with E-state index < -0.39 is 35.8 Å². The standard InChI is InChI=1S/C23H22N2O5/c1-2-3-13-18(23(29)30)24-20(26)19(14-15-9-5-4-6-10-15)25-21(27)16-11-7-8-12-17(16)22(25)28/h2,4-12,18-19H,1,3,13-14H2,(H,24,26)(H,29,30). The van der Waals surface area contributed by atoms with E-state index in [-0.39, 0.29) is 24.0 Å². The Kier molecular flexibility index (Phi) is 6.41. The zero-order valence-electron chi connectivity index (χ0n) is 16.3. The average molecular weight is 406 g/mol. The summed E-state index contributed by atoms with van der Waals surface area (Å²) >= 11 is 0. The van der Waals surface area contributed by atoms with Crippen molar-refractivity contribution in [1.82, 2.24) is 10.2 Å². The highest BCUT2D eigenvalue weighted by Crippen LogP contribution is 2.26. The molecule has 154 valence electrons. The maximum Gasteiger partial charge on any atom is 0.326 e. The Bertz CT molecular complexity index is 951.